The molecule has 5 nitrogen and oxygen atoms in total. The Labute approximate surface area is 178 Å². The molecule has 1 aliphatic heterocycles. The molecule has 0 atom stereocenters. The fraction of sp³-hybridized carbons (Fsp3) is 0.0385. The van der Waals surface area contributed by atoms with Crippen molar-refractivity contribution in [2.45, 2.75) is 0 Å². The molecule has 5 aromatic rings. The minimum absolute atomic E-state index is 0.265. The Morgan fingerprint density at radius 3 is 2.42 bits per heavy atom. The van der Waals surface area contributed by atoms with Crippen molar-refractivity contribution >= 4 is 33.6 Å². The normalized spacial score (nSPS) is 13.4. The third-order valence-electron chi connectivity index (χ3n) is 6.01. The number of rotatable bonds is 2. The lowest BCUT2D eigenvalue weighted by atomic mass is 10.0. The number of fused-ring (bicyclic) bond motifs is 4. The van der Waals surface area contributed by atoms with Crippen molar-refractivity contribution in [2.75, 3.05) is 7.05 Å². The summed E-state index contributed by atoms with van der Waals surface area (Å²) in [6.45, 7) is 0. The van der Waals surface area contributed by atoms with Gasteiger partial charge in [0.2, 0.25) is 0 Å². The molecule has 2 amide bonds. The molecule has 5 heteroatoms. The van der Waals surface area contributed by atoms with Crippen LogP contribution in [-0.4, -0.2) is 33.3 Å². The van der Waals surface area contributed by atoms with Crippen LogP contribution in [0.15, 0.2) is 85.2 Å². The monoisotopic (exact) mass is 403 g/mol. The van der Waals surface area contributed by atoms with Gasteiger partial charge in [0.1, 0.15) is 0 Å². The molecular weight excluding hydrogens is 386 g/mol. The van der Waals surface area contributed by atoms with Crippen LogP contribution in [0.4, 0.5) is 0 Å². The minimum atomic E-state index is -0.273. The molecule has 148 valence electrons. The largest absolute Gasteiger partial charge is 0.308 e. The molecule has 31 heavy (non-hydrogen) atoms. The van der Waals surface area contributed by atoms with E-state index >= 15 is 0 Å². The quantitative estimate of drug-likeness (QED) is 0.387. The molecule has 0 saturated carbocycles. The molecule has 0 saturated heterocycles. The van der Waals surface area contributed by atoms with E-state index in [-0.39, 0.29) is 11.8 Å². The highest BCUT2D eigenvalue weighted by molar-refractivity contribution is 6.23. The zero-order valence-corrected chi connectivity index (χ0v) is 16.7. The van der Waals surface area contributed by atoms with Gasteiger partial charge in [0, 0.05) is 35.8 Å². The summed E-state index contributed by atoms with van der Waals surface area (Å²) >= 11 is 0. The van der Waals surface area contributed by atoms with Crippen LogP contribution in [0.25, 0.3) is 38.6 Å². The highest BCUT2D eigenvalue weighted by Gasteiger charge is 2.35. The summed E-state index contributed by atoms with van der Waals surface area (Å²) in [6.07, 6.45) is 3.59. The minimum Gasteiger partial charge on any atom is -0.308 e. The fourth-order valence-corrected chi connectivity index (χ4v) is 4.51. The summed E-state index contributed by atoms with van der Waals surface area (Å²) in [4.78, 5) is 31.0. The summed E-state index contributed by atoms with van der Waals surface area (Å²) in [5.41, 5.74) is 5.63. The maximum atomic E-state index is 13.0. The number of hydrogen-bond acceptors (Lipinski definition) is 3. The van der Waals surface area contributed by atoms with E-state index in [2.05, 4.69) is 33.8 Å². The fourth-order valence-electron chi connectivity index (χ4n) is 4.51. The van der Waals surface area contributed by atoms with Gasteiger partial charge in [-0.2, -0.15) is 0 Å². The predicted octanol–water partition coefficient (Wildman–Crippen LogP) is 5.07. The number of carbonyl (C=O) groups is 2. The van der Waals surface area contributed by atoms with Crippen LogP contribution >= 0.6 is 0 Å². The van der Waals surface area contributed by atoms with Crippen molar-refractivity contribution in [1.29, 1.82) is 0 Å². The van der Waals surface area contributed by atoms with E-state index in [1.54, 1.807) is 12.3 Å². The van der Waals surface area contributed by atoms with Crippen molar-refractivity contribution in [3.63, 3.8) is 0 Å². The lowest BCUT2D eigenvalue weighted by molar-refractivity contribution is 0.0693. The first-order valence-corrected chi connectivity index (χ1v) is 10.0. The molecule has 2 aromatic heterocycles. The van der Waals surface area contributed by atoms with Gasteiger partial charge in [-0.05, 0) is 35.9 Å². The average Bonchev–Trinajstić information content (AvgIpc) is 3.26. The Bertz CT molecular complexity index is 1530. The summed E-state index contributed by atoms with van der Waals surface area (Å²) in [5, 5.41) is 2.18. The molecule has 3 heterocycles. The first kappa shape index (κ1) is 17.6. The van der Waals surface area contributed by atoms with E-state index in [1.807, 2.05) is 48.7 Å². The second-order valence-corrected chi connectivity index (χ2v) is 7.70. The molecular formula is C26H17N3O2. The smallest absolute Gasteiger partial charge is 0.263 e. The zero-order valence-electron chi connectivity index (χ0n) is 16.7. The van der Waals surface area contributed by atoms with E-state index in [9.17, 15) is 9.59 Å². The van der Waals surface area contributed by atoms with Gasteiger partial charge in [-0.1, -0.05) is 42.5 Å². The number of hydrogen-bond donors (Lipinski definition) is 0. The second-order valence-electron chi connectivity index (χ2n) is 7.70. The van der Waals surface area contributed by atoms with Gasteiger partial charge in [-0.15, -0.1) is 0 Å². The van der Waals surface area contributed by atoms with Gasteiger partial charge >= 0.3 is 0 Å². The highest BCUT2D eigenvalue weighted by atomic mass is 16.2. The molecule has 3 aromatic carbocycles. The summed E-state index contributed by atoms with van der Waals surface area (Å²) in [7, 11) is 1.53. The number of aromatic nitrogens is 2. The molecule has 0 unspecified atom stereocenters. The lowest BCUT2D eigenvalue weighted by Gasteiger charge is -2.12. The second kappa shape index (κ2) is 6.37. The Kier molecular flexibility index (Phi) is 3.62. The Hall–Kier alpha value is -4.25. The number of nitrogens with zero attached hydrogens (tertiary/aromatic N) is 3. The van der Waals surface area contributed by atoms with Gasteiger partial charge < -0.3 is 4.57 Å². The molecule has 1 aliphatic rings. The van der Waals surface area contributed by atoms with Crippen LogP contribution in [-0.2, 0) is 0 Å². The van der Waals surface area contributed by atoms with Gasteiger partial charge in [0.25, 0.3) is 11.8 Å². The van der Waals surface area contributed by atoms with E-state index in [1.165, 1.54) is 11.9 Å². The Balaban J connectivity index is 1.73. The number of para-hydroxylation sites is 1. The van der Waals surface area contributed by atoms with E-state index in [4.69, 9.17) is 0 Å². The van der Waals surface area contributed by atoms with Gasteiger partial charge in [-0.3, -0.25) is 19.5 Å². The highest BCUT2D eigenvalue weighted by Crippen LogP contribution is 2.37. The van der Waals surface area contributed by atoms with Crippen LogP contribution in [0.5, 0.6) is 0 Å². The molecule has 0 aliphatic carbocycles. The number of amides is 2. The van der Waals surface area contributed by atoms with Crippen molar-refractivity contribution in [3.8, 4) is 16.8 Å². The SMILES string of the molecule is CN1C(=O)c2cccc(-n3c4ccccc4c4ccc(-c5cccnc5)cc43)c2C1=O. The molecule has 6 rings (SSSR count). The first-order valence-electron chi connectivity index (χ1n) is 10.0. The van der Waals surface area contributed by atoms with Crippen molar-refractivity contribution in [3.05, 3.63) is 96.3 Å². The average molecular weight is 403 g/mol. The Morgan fingerprint density at radius 2 is 1.58 bits per heavy atom. The van der Waals surface area contributed by atoms with E-state index in [0.717, 1.165) is 38.6 Å². The zero-order chi connectivity index (χ0) is 21.1. The Morgan fingerprint density at radius 1 is 0.742 bits per heavy atom. The van der Waals surface area contributed by atoms with Gasteiger partial charge in [0.05, 0.1) is 27.8 Å². The number of benzene rings is 3. The van der Waals surface area contributed by atoms with Crippen LogP contribution in [0.1, 0.15) is 20.7 Å². The maximum Gasteiger partial charge on any atom is 0.263 e. The molecule has 0 radical (unpaired) electrons. The van der Waals surface area contributed by atoms with Crippen molar-refractivity contribution < 1.29 is 9.59 Å². The predicted molar refractivity (Wildman–Crippen MR) is 120 cm³/mol. The van der Waals surface area contributed by atoms with Crippen molar-refractivity contribution in [1.82, 2.24) is 14.5 Å². The molecule has 0 spiro atoms. The maximum absolute atomic E-state index is 13.0. The van der Waals surface area contributed by atoms with E-state index < -0.39 is 0 Å². The third-order valence-corrected chi connectivity index (χ3v) is 6.01. The molecule has 0 bridgehead atoms. The van der Waals surface area contributed by atoms with Crippen LogP contribution < -0.4 is 0 Å². The standard InChI is InChI=1S/C26H17N3O2/c1-28-25(30)20-8-4-10-22(24(20)26(28)31)29-21-9-3-2-7-18(21)19-12-11-16(14-23(19)29)17-6-5-13-27-15-17/h2-15H,1H3. The molecule has 0 fully saturated rings. The topological polar surface area (TPSA) is 55.2 Å². The summed E-state index contributed by atoms with van der Waals surface area (Å²) in [6, 6.07) is 23.9. The first-order chi connectivity index (χ1) is 15.1. The summed E-state index contributed by atoms with van der Waals surface area (Å²) in [5.74, 6) is -0.538. The number of carbonyl (C=O) groups excluding carboxylic acids is 2. The lowest BCUT2D eigenvalue weighted by Crippen LogP contribution is -2.24. The number of pyridine rings is 1. The summed E-state index contributed by atoms with van der Waals surface area (Å²) < 4.78 is 2.09. The van der Waals surface area contributed by atoms with Crippen LogP contribution in [0, 0.1) is 0 Å². The molecule has 0 N–H and O–H groups in total. The van der Waals surface area contributed by atoms with Gasteiger partial charge in [-0.25, -0.2) is 0 Å². The number of imide groups is 1. The van der Waals surface area contributed by atoms with Crippen molar-refractivity contribution in [2.24, 2.45) is 0 Å². The van der Waals surface area contributed by atoms with E-state index in [0.29, 0.717) is 11.1 Å². The van der Waals surface area contributed by atoms with Crippen LogP contribution in [0.2, 0.25) is 0 Å². The third kappa shape index (κ3) is 2.40. The van der Waals surface area contributed by atoms with Crippen LogP contribution in [0.3, 0.4) is 0 Å². The van der Waals surface area contributed by atoms with Gasteiger partial charge in [0.15, 0.2) is 0 Å².